The van der Waals surface area contributed by atoms with Gasteiger partial charge in [-0.25, -0.2) is 4.98 Å². The molecule has 7 heteroatoms. The van der Waals surface area contributed by atoms with Crippen LogP contribution in [-0.2, 0) is 4.79 Å². The van der Waals surface area contributed by atoms with Crippen LogP contribution in [-0.4, -0.2) is 40.0 Å². The third-order valence-electron chi connectivity index (χ3n) is 2.65. The molecule has 2 rings (SSSR count). The highest BCUT2D eigenvalue weighted by molar-refractivity contribution is 7.09. The zero-order valence-corrected chi connectivity index (χ0v) is 10.1. The lowest BCUT2D eigenvalue weighted by atomic mass is 10.0. The van der Waals surface area contributed by atoms with Gasteiger partial charge >= 0.3 is 5.97 Å². The van der Waals surface area contributed by atoms with E-state index in [1.54, 1.807) is 12.3 Å². The van der Waals surface area contributed by atoms with E-state index >= 15 is 0 Å². The van der Waals surface area contributed by atoms with Gasteiger partial charge in [-0.05, 0) is 6.92 Å². The van der Waals surface area contributed by atoms with E-state index in [9.17, 15) is 9.59 Å². The zero-order valence-electron chi connectivity index (χ0n) is 9.29. The largest absolute Gasteiger partial charge is 0.481 e. The predicted molar refractivity (Wildman–Crippen MR) is 61.7 cm³/mol. The summed E-state index contributed by atoms with van der Waals surface area (Å²) in [7, 11) is 0. The lowest BCUT2D eigenvalue weighted by molar-refractivity contribution is -0.146. The van der Waals surface area contributed by atoms with Crippen LogP contribution in [0.1, 0.15) is 28.5 Å². The van der Waals surface area contributed by atoms with Crippen LogP contribution in [0, 0.1) is 5.92 Å². The van der Waals surface area contributed by atoms with Gasteiger partial charge < -0.3 is 15.7 Å². The standard InChI is InChI=1S/C10H13N3O3S/c1-5(11)8-12-7(4-17-8)9(14)13-2-6(3-13)10(15)16/h4-6H,2-3,11H2,1H3,(H,15,16). The second kappa shape index (κ2) is 4.42. The highest BCUT2D eigenvalue weighted by atomic mass is 32.1. The molecule has 1 saturated heterocycles. The highest BCUT2D eigenvalue weighted by Crippen LogP contribution is 2.21. The fraction of sp³-hybridized carbons (Fsp3) is 0.500. The van der Waals surface area contributed by atoms with Crippen molar-refractivity contribution in [3.63, 3.8) is 0 Å². The number of aliphatic carboxylic acids is 1. The number of carboxylic acids is 1. The minimum absolute atomic E-state index is 0.190. The summed E-state index contributed by atoms with van der Waals surface area (Å²) in [5.74, 6) is -1.51. The maximum absolute atomic E-state index is 11.9. The van der Waals surface area contributed by atoms with Crippen molar-refractivity contribution < 1.29 is 14.7 Å². The summed E-state index contributed by atoms with van der Waals surface area (Å²) in [5.41, 5.74) is 6.01. The van der Waals surface area contributed by atoms with Crippen LogP contribution >= 0.6 is 11.3 Å². The number of carboxylic acid groups (broad SMARTS) is 1. The number of carbonyl (C=O) groups excluding carboxylic acids is 1. The molecular formula is C10H13N3O3S. The molecule has 1 fully saturated rings. The summed E-state index contributed by atoms with van der Waals surface area (Å²) in [5, 5.41) is 11.1. The molecule has 0 saturated carbocycles. The molecular weight excluding hydrogens is 242 g/mol. The SMILES string of the molecule is CC(N)c1nc(C(=O)N2CC(C(=O)O)C2)cs1. The van der Waals surface area contributed by atoms with Crippen LogP contribution in [0.15, 0.2) is 5.38 Å². The summed E-state index contributed by atoms with van der Waals surface area (Å²) in [6.45, 7) is 2.33. The van der Waals surface area contributed by atoms with E-state index < -0.39 is 11.9 Å². The summed E-state index contributed by atoms with van der Waals surface area (Å²) >= 11 is 1.35. The van der Waals surface area contributed by atoms with Gasteiger partial charge in [0.15, 0.2) is 0 Å². The number of thiazole rings is 1. The molecule has 17 heavy (non-hydrogen) atoms. The summed E-state index contributed by atoms with van der Waals surface area (Å²) in [6.07, 6.45) is 0. The number of carbonyl (C=O) groups is 2. The number of hydrogen-bond donors (Lipinski definition) is 2. The number of rotatable bonds is 3. The van der Waals surface area contributed by atoms with Gasteiger partial charge in [-0.1, -0.05) is 0 Å². The molecule has 1 aromatic rings. The first-order valence-corrected chi connectivity index (χ1v) is 6.10. The molecule has 0 radical (unpaired) electrons. The van der Waals surface area contributed by atoms with Crippen molar-refractivity contribution in [2.45, 2.75) is 13.0 Å². The third kappa shape index (κ3) is 2.29. The second-order valence-electron chi connectivity index (χ2n) is 4.10. The lowest BCUT2D eigenvalue weighted by Gasteiger charge is -2.36. The van der Waals surface area contributed by atoms with Gasteiger partial charge in [-0.3, -0.25) is 9.59 Å². The molecule has 0 spiro atoms. The average Bonchev–Trinajstić information content (AvgIpc) is 2.62. The number of nitrogens with two attached hydrogens (primary N) is 1. The van der Waals surface area contributed by atoms with Gasteiger partial charge in [0.05, 0.1) is 12.0 Å². The Bertz CT molecular complexity index is 451. The Labute approximate surface area is 102 Å². The van der Waals surface area contributed by atoms with Crippen LogP contribution in [0.3, 0.4) is 0 Å². The highest BCUT2D eigenvalue weighted by Gasteiger charge is 2.36. The van der Waals surface area contributed by atoms with Gasteiger partial charge in [0.2, 0.25) is 0 Å². The number of aromatic nitrogens is 1. The summed E-state index contributed by atoms with van der Waals surface area (Å²) in [4.78, 5) is 28.1. The van der Waals surface area contributed by atoms with Crippen molar-refractivity contribution in [2.75, 3.05) is 13.1 Å². The van der Waals surface area contributed by atoms with E-state index in [0.29, 0.717) is 10.7 Å². The molecule has 0 aromatic carbocycles. The van der Waals surface area contributed by atoms with E-state index in [2.05, 4.69) is 4.98 Å². The third-order valence-corrected chi connectivity index (χ3v) is 3.69. The van der Waals surface area contributed by atoms with Crippen LogP contribution in [0.2, 0.25) is 0 Å². The number of amides is 1. The summed E-state index contributed by atoms with van der Waals surface area (Å²) in [6, 6.07) is -0.190. The molecule has 3 N–H and O–H groups in total. The van der Waals surface area contributed by atoms with Gasteiger partial charge in [0.25, 0.3) is 5.91 Å². The van der Waals surface area contributed by atoms with Gasteiger partial charge in [-0.2, -0.15) is 0 Å². The Hall–Kier alpha value is -1.47. The first-order chi connectivity index (χ1) is 7.99. The Morgan fingerprint density at radius 1 is 1.65 bits per heavy atom. The minimum Gasteiger partial charge on any atom is -0.481 e. The molecule has 92 valence electrons. The van der Waals surface area contributed by atoms with Crippen molar-refractivity contribution in [1.82, 2.24) is 9.88 Å². The van der Waals surface area contributed by atoms with Crippen molar-refractivity contribution in [2.24, 2.45) is 11.7 Å². The van der Waals surface area contributed by atoms with Gasteiger partial charge in [0.1, 0.15) is 10.7 Å². The fourth-order valence-electron chi connectivity index (χ4n) is 1.56. The van der Waals surface area contributed by atoms with Crippen LogP contribution in [0.25, 0.3) is 0 Å². The molecule has 2 heterocycles. The molecule has 1 amide bonds. The van der Waals surface area contributed by atoms with E-state index in [4.69, 9.17) is 10.8 Å². The smallest absolute Gasteiger partial charge is 0.310 e. The minimum atomic E-state index is -0.858. The Morgan fingerprint density at radius 3 is 2.76 bits per heavy atom. The topological polar surface area (TPSA) is 96.5 Å². The van der Waals surface area contributed by atoms with Crippen molar-refractivity contribution in [3.05, 3.63) is 16.1 Å². The van der Waals surface area contributed by atoms with Gasteiger partial charge in [0, 0.05) is 18.5 Å². The number of hydrogen-bond acceptors (Lipinski definition) is 5. The number of nitrogens with zero attached hydrogens (tertiary/aromatic N) is 2. The normalized spacial score (nSPS) is 17.6. The molecule has 1 aromatic heterocycles. The van der Waals surface area contributed by atoms with Gasteiger partial charge in [-0.15, -0.1) is 11.3 Å². The maximum atomic E-state index is 11.9. The van der Waals surface area contributed by atoms with Crippen LogP contribution in [0.4, 0.5) is 0 Å². The maximum Gasteiger partial charge on any atom is 0.310 e. The first kappa shape index (κ1) is 12.0. The molecule has 6 nitrogen and oxygen atoms in total. The first-order valence-electron chi connectivity index (χ1n) is 5.22. The van der Waals surface area contributed by atoms with Crippen molar-refractivity contribution in [3.8, 4) is 0 Å². The molecule has 1 aliphatic heterocycles. The van der Waals surface area contributed by atoms with E-state index in [1.165, 1.54) is 16.2 Å². The van der Waals surface area contributed by atoms with E-state index in [-0.39, 0.29) is 25.0 Å². The number of likely N-dealkylation sites (tertiary alicyclic amines) is 1. The Balaban J connectivity index is 1.99. The average molecular weight is 255 g/mol. The molecule has 1 aliphatic rings. The molecule has 1 atom stereocenters. The second-order valence-corrected chi connectivity index (χ2v) is 4.99. The van der Waals surface area contributed by atoms with E-state index in [1.807, 2.05) is 0 Å². The summed E-state index contributed by atoms with van der Waals surface area (Å²) < 4.78 is 0. The van der Waals surface area contributed by atoms with Crippen molar-refractivity contribution >= 4 is 23.2 Å². The predicted octanol–water partition coefficient (Wildman–Crippen LogP) is 0.319. The Kier molecular flexibility index (Phi) is 3.12. The zero-order chi connectivity index (χ0) is 12.6. The van der Waals surface area contributed by atoms with Crippen LogP contribution < -0.4 is 5.73 Å². The quantitative estimate of drug-likeness (QED) is 0.810. The fourth-order valence-corrected chi connectivity index (χ4v) is 2.31. The lowest BCUT2D eigenvalue weighted by Crippen LogP contribution is -2.53. The molecule has 0 bridgehead atoms. The van der Waals surface area contributed by atoms with E-state index in [0.717, 1.165) is 0 Å². The van der Waals surface area contributed by atoms with Crippen molar-refractivity contribution in [1.29, 1.82) is 0 Å². The van der Waals surface area contributed by atoms with Crippen LogP contribution in [0.5, 0.6) is 0 Å². The monoisotopic (exact) mass is 255 g/mol. The molecule has 0 aliphatic carbocycles. The molecule has 1 unspecified atom stereocenters. The Morgan fingerprint density at radius 2 is 2.29 bits per heavy atom.